The normalized spacial score (nSPS) is 10.1. The molecule has 25 heavy (non-hydrogen) atoms. The van der Waals surface area contributed by atoms with E-state index in [0.29, 0.717) is 0 Å². The van der Waals surface area contributed by atoms with Crippen LogP contribution in [-0.2, 0) is 0 Å². The van der Waals surface area contributed by atoms with E-state index >= 15 is 0 Å². The first kappa shape index (κ1) is 17.4. The molecule has 0 amide bonds. The quantitative estimate of drug-likeness (QED) is 0.525. The fourth-order valence-corrected chi connectivity index (χ4v) is 1.97. The van der Waals surface area contributed by atoms with Crippen LogP contribution in [-0.4, -0.2) is 38.2 Å². The molecule has 2 aromatic carbocycles. The van der Waals surface area contributed by atoms with E-state index in [1.54, 1.807) is 0 Å². The molecule has 0 aliphatic carbocycles. The molecular weight excluding hydrogens is 338 g/mol. The molecule has 0 fully saturated rings. The van der Waals surface area contributed by atoms with Gasteiger partial charge < -0.3 is 20.1 Å². The number of carboxylic acid groups (broad SMARTS) is 3. The highest BCUT2D eigenvalue weighted by Crippen LogP contribution is 2.35. The largest absolute Gasteiger partial charge is 0.478 e. The maximum atomic E-state index is 11.3. The zero-order valence-corrected chi connectivity index (χ0v) is 12.2. The monoisotopic (exact) mass is 347 g/mol. The predicted molar refractivity (Wildman–Crippen MR) is 80.5 cm³/mol. The second-order valence-corrected chi connectivity index (χ2v) is 4.64. The van der Waals surface area contributed by atoms with Crippen molar-refractivity contribution in [2.24, 2.45) is 0 Å². The molecule has 0 atom stereocenters. The van der Waals surface area contributed by atoms with Crippen LogP contribution in [0.3, 0.4) is 0 Å². The molecule has 0 radical (unpaired) electrons. The van der Waals surface area contributed by atoms with Crippen LogP contribution in [0.2, 0.25) is 0 Å². The minimum Gasteiger partial charge on any atom is -0.478 e. The van der Waals surface area contributed by atoms with Gasteiger partial charge in [-0.25, -0.2) is 14.4 Å². The molecule has 0 heterocycles. The van der Waals surface area contributed by atoms with Crippen molar-refractivity contribution in [2.45, 2.75) is 0 Å². The third-order valence-electron chi connectivity index (χ3n) is 3.09. The summed E-state index contributed by atoms with van der Waals surface area (Å²) in [5.41, 5.74) is -2.17. The number of nitrogens with zero attached hydrogens (tertiary/aromatic N) is 1. The van der Waals surface area contributed by atoms with Crippen LogP contribution in [0.25, 0.3) is 0 Å². The summed E-state index contributed by atoms with van der Waals surface area (Å²) in [5.74, 6) is -5.50. The Kier molecular flexibility index (Phi) is 4.64. The third-order valence-corrected chi connectivity index (χ3v) is 3.09. The predicted octanol–water partition coefficient (Wildman–Crippen LogP) is 2.48. The molecule has 10 heteroatoms. The van der Waals surface area contributed by atoms with Crippen LogP contribution >= 0.6 is 0 Å². The van der Waals surface area contributed by atoms with Crippen LogP contribution in [0.5, 0.6) is 11.5 Å². The van der Waals surface area contributed by atoms with E-state index in [2.05, 4.69) is 0 Å². The number of carboxylic acids is 3. The molecule has 0 saturated heterocycles. The van der Waals surface area contributed by atoms with Crippen molar-refractivity contribution >= 4 is 23.6 Å². The van der Waals surface area contributed by atoms with Crippen LogP contribution < -0.4 is 4.74 Å². The van der Waals surface area contributed by atoms with Crippen LogP contribution in [0.4, 0.5) is 5.69 Å². The lowest BCUT2D eigenvalue weighted by atomic mass is 10.1. The number of aromatic carboxylic acids is 3. The van der Waals surface area contributed by atoms with Gasteiger partial charge in [0.1, 0.15) is 11.1 Å². The van der Waals surface area contributed by atoms with E-state index in [1.165, 1.54) is 6.07 Å². The molecule has 128 valence electrons. The van der Waals surface area contributed by atoms with Gasteiger partial charge in [0, 0.05) is 6.07 Å². The average Bonchev–Trinajstić information content (AvgIpc) is 2.54. The lowest BCUT2D eigenvalue weighted by Gasteiger charge is -2.12. The van der Waals surface area contributed by atoms with Gasteiger partial charge in [0.05, 0.1) is 10.5 Å². The van der Waals surface area contributed by atoms with E-state index in [0.717, 1.165) is 30.3 Å². The first-order chi connectivity index (χ1) is 11.7. The fourth-order valence-electron chi connectivity index (χ4n) is 1.97. The minimum absolute atomic E-state index is 0.385. The number of rotatable bonds is 6. The average molecular weight is 347 g/mol. The van der Waals surface area contributed by atoms with Crippen molar-refractivity contribution < 1.29 is 39.4 Å². The van der Waals surface area contributed by atoms with Crippen molar-refractivity contribution in [1.29, 1.82) is 0 Å². The molecule has 0 aliphatic heterocycles. The molecule has 0 spiro atoms. The first-order valence-electron chi connectivity index (χ1n) is 6.51. The number of para-hydroxylation sites is 1. The Hall–Kier alpha value is -3.95. The molecule has 0 aliphatic rings. The first-order valence-corrected chi connectivity index (χ1v) is 6.51. The van der Waals surface area contributed by atoms with Gasteiger partial charge in [0.25, 0.3) is 0 Å². The minimum atomic E-state index is -1.50. The van der Waals surface area contributed by atoms with Crippen LogP contribution in [0, 0.1) is 10.1 Å². The van der Waals surface area contributed by atoms with Gasteiger partial charge in [-0.2, -0.15) is 0 Å². The van der Waals surface area contributed by atoms with Gasteiger partial charge >= 0.3 is 23.6 Å². The Morgan fingerprint density at radius 2 is 1.48 bits per heavy atom. The maximum absolute atomic E-state index is 11.3. The van der Waals surface area contributed by atoms with E-state index < -0.39 is 51.1 Å². The number of nitro groups is 1. The molecule has 0 saturated carbocycles. The third kappa shape index (κ3) is 3.52. The Morgan fingerprint density at radius 1 is 0.920 bits per heavy atom. The van der Waals surface area contributed by atoms with Gasteiger partial charge in [-0.3, -0.25) is 10.1 Å². The molecule has 10 nitrogen and oxygen atoms in total. The lowest BCUT2D eigenvalue weighted by molar-refractivity contribution is -0.385. The Bertz CT molecular complexity index is 872. The van der Waals surface area contributed by atoms with Gasteiger partial charge in [-0.1, -0.05) is 6.07 Å². The fraction of sp³-hybridized carbons (Fsp3) is 0. The van der Waals surface area contributed by atoms with Crippen molar-refractivity contribution in [3.63, 3.8) is 0 Å². The summed E-state index contributed by atoms with van der Waals surface area (Å²) < 4.78 is 5.19. The molecule has 0 unspecified atom stereocenters. The second kappa shape index (κ2) is 6.66. The smallest absolute Gasteiger partial charge is 0.339 e. The van der Waals surface area contributed by atoms with E-state index in [-0.39, 0.29) is 5.56 Å². The summed E-state index contributed by atoms with van der Waals surface area (Å²) in [6, 6.07) is 6.01. The standard InChI is InChI=1S/C15H9NO9/c17-13(18)7-4-5-11(10(6-7)16(23)24)25-12-8(14(19)20)2-1-3-9(12)15(21)22/h1-6H,(H,17,18)(H,19,20)(H,21,22). The Labute approximate surface area is 138 Å². The highest BCUT2D eigenvalue weighted by molar-refractivity contribution is 5.99. The number of benzene rings is 2. The zero-order valence-electron chi connectivity index (χ0n) is 12.2. The molecule has 2 rings (SSSR count). The maximum Gasteiger partial charge on any atom is 0.339 e. The second-order valence-electron chi connectivity index (χ2n) is 4.64. The number of carbonyl (C=O) groups is 3. The number of nitro benzene ring substituents is 1. The topological polar surface area (TPSA) is 164 Å². The molecular formula is C15H9NO9. The number of ether oxygens (including phenoxy) is 1. The zero-order chi connectivity index (χ0) is 18.7. The van der Waals surface area contributed by atoms with Crippen molar-refractivity contribution in [2.75, 3.05) is 0 Å². The van der Waals surface area contributed by atoms with Gasteiger partial charge in [-0.05, 0) is 24.3 Å². The van der Waals surface area contributed by atoms with Gasteiger partial charge in [0.15, 0.2) is 5.75 Å². The van der Waals surface area contributed by atoms with Gasteiger partial charge in [0.2, 0.25) is 5.75 Å². The number of hydrogen-bond acceptors (Lipinski definition) is 6. The SMILES string of the molecule is O=C(O)c1ccc(Oc2c(C(=O)O)cccc2C(=O)O)c([N+](=O)[O-])c1. The molecule has 0 bridgehead atoms. The van der Waals surface area contributed by atoms with Crippen LogP contribution in [0.1, 0.15) is 31.1 Å². The van der Waals surface area contributed by atoms with Crippen LogP contribution in [0.15, 0.2) is 36.4 Å². The van der Waals surface area contributed by atoms with E-state index in [9.17, 15) is 24.5 Å². The van der Waals surface area contributed by atoms with Crippen molar-refractivity contribution in [3.05, 3.63) is 63.2 Å². The highest BCUT2D eigenvalue weighted by atomic mass is 16.6. The summed E-state index contributed by atoms with van der Waals surface area (Å²) in [4.78, 5) is 43.6. The Balaban J connectivity index is 2.64. The summed E-state index contributed by atoms with van der Waals surface area (Å²) in [6.07, 6.45) is 0. The summed E-state index contributed by atoms with van der Waals surface area (Å²) in [5, 5.41) is 38.3. The van der Waals surface area contributed by atoms with Crippen molar-refractivity contribution in [3.8, 4) is 11.5 Å². The molecule has 3 N–H and O–H groups in total. The van der Waals surface area contributed by atoms with Crippen molar-refractivity contribution in [1.82, 2.24) is 0 Å². The Morgan fingerprint density at radius 3 is 1.92 bits per heavy atom. The summed E-state index contributed by atoms with van der Waals surface area (Å²) >= 11 is 0. The summed E-state index contributed by atoms with van der Waals surface area (Å²) in [6.45, 7) is 0. The molecule has 0 aromatic heterocycles. The molecule has 2 aromatic rings. The van der Waals surface area contributed by atoms with Gasteiger partial charge in [-0.15, -0.1) is 0 Å². The highest BCUT2D eigenvalue weighted by Gasteiger charge is 2.25. The summed E-state index contributed by atoms with van der Waals surface area (Å²) in [7, 11) is 0. The lowest BCUT2D eigenvalue weighted by Crippen LogP contribution is -2.08. The number of hydrogen-bond donors (Lipinski definition) is 3. The van der Waals surface area contributed by atoms with E-state index in [4.69, 9.17) is 20.1 Å². The van der Waals surface area contributed by atoms with E-state index in [1.807, 2.05) is 0 Å².